The van der Waals surface area contributed by atoms with E-state index in [1.807, 2.05) is 0 Å². The van der Waals surface area contributed by atoms with Crippen LogP contribution >= 0.6 is 0 Å². The highest BCUT2D eigenvalue weighted by Gasteiger charge is 2.23. The molecule has 1 heterocycles. The number of carbonyl (C=O) groups excluding carboxylic acids is 1. The van der Waals surface area contributed by atoms with Crippen LogP contribution in [-0.4, -0.2) is 22.7 Å². The van der Waals surface area contributed by atoms with Crippen LogP contribution < -0.4 is 0 Å². The van der Waals surface area contributed by atoms with E-state index in [1.54, 1.807) is 31.2 Å². The fourth-order valence-electron chi connectivity index (χ4n) is 1.68. The number of rotatable bonds is 3. The summed E-state index contributed by atoms with van der Waals surface area (Å²) in [6.07, 6.45) is 0.899. The molecule has 0 saturated carbocycles. The van der Waals surface area contributed by atoms with Crippen LogP contribution in [0.2, 0.25) is 0 Å². The van der Waals surface area contributed by atoms with E-state index < -0.39 is 0 Å². The molecular formula is C12H13NO3. The van der Waals surface area contributed by atoms with Gasteiger partial charge in [-0.25, -0.2) is 0 Å². The third-order valence-electron chi connectivity index (χ3n) is 2.45. The molecule has 1 N–H and O–H groups in total. The second-order valence-corrected chi connectivity index (χ2v) is 3.92. The second kappa shape index (κ2) is 4.35. The van der Waals surface area contributed by atoms with Gasteiger partial charge in [0, 0.05) is 12.8 Å². The van der Waals surface area contributed by atoms with Crippen molar-refractivity contribution in [2.24, 2.45) is 5.16 Å². The molecule has 4 nitrogen and oxygen atoms in total. The zero-order valence-corrected chi connectivity index (χ0v) is 9.01. The van der Waals surface area contributed by atoms with Crippen molar-refractivity contribution in [3.8, 4) is 5.75 Å². The quantitative estimate of drug-likeness (QED) is 0.844. The van der Waals surface area contributed by atoms with Crippen LogP contribution in [0.15, 0.2) is 29.4 Å². The summed E-state index contributed by atoms with van der Waals surface area (Å²) in [5.41, 5.74) is 1.75. The van der Waals surface area contributed by atoms with Crippen LogP contribution in [0.25, 0.3) is 0 Å². The van der Waals surface area contributed by atoms with E-state index in [0.29, 0.717) is 12.8 Å². The highest BCUT2D eigenvalue weighted by Crippen LogP contribution is 2.20. The van der Waals surface area contributed by atoms with E-state index in [2.05, 4.69) is 5.16 Å². The number of hydrogen-bond acceptors (Lipinski definition) is 4. The first-order valence-corrected chi connectivity index (χ1v) is 5.16. The van der Waals surface area contributed by atoms with Crippen molar-refractivity contribution in [2.45, 2.75) is 25.9 Å². The number of ketones is 1. The lowest BCUT2D eigenvalue weighted by atomic mass is 10.0. The molecule has 1 aliphatic rings. The van der Waals surface area contributed by atoms with Gasteiger partial charge >= 0.3 is 0 Å². The van der Waals surface area contributed by atoms with Crippen LogP contribution in [0.1, 0.15) is 25.3 Å². The average molecular weight is 219 g/mol. The topological polar surface area (TPSA) is 58.9 Å². The Morgan fingerprint density at radius 3 is 2.81 bits per heavy atom. The molecule has 1 unspecified atom stereocenters. The van der Waals surface area contributed by atoms with Gasteiger partial charge in [0.25, 0.3) is 0 Å². The molecule has 0 radical (unpaired) electrons. The molecule has 0 aliphatic carbocycles. The van der Waals surface area contributed by atoms with Gasteiger partial charge < -0.3 is 9.94 Å². The molecule has 4 heteroatoms. The molecule has 0 fully saturated rings. The maximum Gasteiger partial charge on any atom is 0.140 e. The van der Waals surface area contributed by atoms with Gasteiger partial charge in [0.15, 0.2) is 0 Å². The summed E-state index contributed by atoms with van der Waals surface area (Å²) in [5, 5.41) is 13.1. The van der Waals surface area contributed by atoms with E-state index in [4.69, 9.17) is 9.94 Å². The second-order valence-electron chi connectivity index (χ2n) is 3.92. The molecule has 0 spiro atoms. The fourth-order valence-corrected chi connectivity index (χ4v) is 1.68. The number of aromatic hydroxyl groups is 1. The highest BCUT2D eigenvalue weighted by molar-refractivity contribution is 6.01. The zero-order valence-electron chi connectivity index (χ0n) is 9.01. The molecule has 0 amide bonds. The number of phenols is 1. The summed E-state index contributed by atoms with van der Waals surface area (Å²) < 4.78 is 0. The summed E-state index contributed by atoms with van der Waals surface area (Å²) in [7, 11) is 0. The van der Waals surface area contributed by atoms with Gasteiger partial charge in [0.05, 0.1) is 5.71 Å². The molecule has 0 saturated heterocycles. The Morgan fingerprint density at radius 2 is 2.19 bits per heavy atom. The maximum atomic E-state index is 10.9. The molecule has 1 atom stereocenters. The van der Waals surface area contributed by atoms with Crippen molar-refractivity contribution in [3.05, 3.63) is 29.8 Å². The van der Waals surface area contributed by atoms with Crippen molar-refractivity contribution in [2.75, 3.05) is 0 Å². The van der Waals surface area contributed by atoms with Gasteiger partial charge in [-0.1, -0.05) is 5.16 Å². The van der Waals surface area contributed by atoms with Gasteiger partial charge in [0.2, 0.25) is 0 Å². The number of benzene rings is 1. The number of hydrogen-bond donors (Lipinski definition) is 1. The molecule has 1 aliphatic heterocycles. The van der Waals surface area contributed by atoms with Crippen LogP contribution in [0, 0.1) is 0 Å². The monoisotopic (exact) mass is 219 g/mol. The zero-order chi connectivity index (χ0) is 11.5. The van der Waals surface area contributed by atoms with E-state index in [9.17, 15) is 4.79 Å². The largest absolute Gasteiger partial charge is 0.508 e. The molecule has 0 bridgehead atoms. The Balaban J connectivity index is 2.03. The summed E-state index contributed by atoms with van der Waals surface area (Å²) >= 11 is 0. The van der Waals surface area contributed by atoms with Crippen LogP contribution in [0.3, 0.4) is 0 Å². The SMILES string of the molecule is CC(=O)CC1CC(c2ccc(O)cc2)=NO1. The van der Waals surface area contributed by atoms with Gasteiger partial charge in [0.1, 0.15) is 17.6 Å². The Labute approximate surface area is 93.5 Å². The maximum absolute atomic E-state index is 10.9. The fraction of sp³-hybridized carbons (Fsp3) is 0.333. The Morgan fingerprint density at radius 1 is 1.50 bits per heavy atom. The van der Waals surface area contributed by atoms with Crippen molar-refractivity contribution in [1.29, 1.82) is 0 Å². The first-order chi connectivity index (χ1) is 7.65. The predicted molar refractivity (Wildman–Crippen MR) is 59.4 cm³/mol. The molecule has 16 heavy (non-hydrogen) atoms. The van der Waals surface area contributed by atoms with Gasteiger partial charge in [-0.05, 0) is 36.8 Å². The lowest BCUT2D eigenvalue weighted by Gasteiger charge is -2.04. The Bertz CT molecular complexity index is 422. The number of nitrogens with zero attached hydrogens (tertiary/aromatic N) is 1. The average Bonchev–Trinajstić information content (AvgIpc) is 2.66. The molecule has 1 aromatic carbocycles. The van der Waals surface area contributed by atoms with E-state index in [1.165, 1.54) is 0 Å². The molecule has 2 rings (SSSR count). The van der Waals surface area contributed by atoms with Crippen LogP contribution in [0.5, 0.6) is 5.75 Å². The first kappa shape index (κ1) is 10.7. The predicted octanol–water partition coefficient (Wildman–Crippen LogP) is 1.86. The molecule has 1 aromatic rings. The number of Topliss-reactive ketones (excluding diaryl/α,β-unsaturated/α-hetero) is 1. The van der Waals surface area contributed by atoms with E-state index >= 15 is 0 Å². The van der Waals surface area contributed by atoms with Crippen molar-refractivity contribution < 1.29 is 14.7 Å². The molecule has 0 aromatic heterocycles. The summed E-state index contributed by atoms with van der Waals surface area (Å²) in [4.78, 5) is 16.1. The van der Waals surface area contributed by atoms with Crippen LogP contribution in [0.4, 0.5) is 0 Å². The lowest BCUT2D eigenvalue weighted by molar-refractivity contribution is -0.119. The van der Waals surface area contributed by atoms with Gasteiger partial charge in [-0.3, -0.25) is 4.79 Å². The van der Waals surface area contributed by atoms with E-state index in [-0.39, 0.29) is 17.6 Å². The number of carbonyl (C=O) groups is 1. The minimum Gasteiger partial charge on any atom is -0.508 e. The highest BCUT2D eigenvalue weighted by atomic mass is 16.6. The van der Waals surface area contributed by atoms with Crippen LogP contribution in [-0.2, 0) is 9.63 Å². The summed E-state index contributed by atoms with van der Waals surface area (Å²) in [6.45, 7) is 1.54. The first-order valence-electron chi connectivity index (χ1n) is 5.16. The minimum absolute atomic E-state index is 0.104. The number of oxime groups is 1. The smallest absolute Gasteiger partial charge is 0.140 e. The van der Waals surface area contributed by atoms with E-state index in [0.717, 1.165) is 11.3 Å². The third kappa shape index (κ3) is 2.39. The van der Waals surface area contributed by atoms with Gasteiger partial charge in [-0.2, -0.15) is 0 Å². The summed E-state index contributed by atoms with van der Waals surface area (Å²) in [6, 6.07) is 6.79. The van der Waals surface area contributed by atoms with Crippen molar-refractivity contribution in [3.63, 3.8) is 0 Å². The lowest BCUT2D eigenvalue weighted by Crippen LogP contribution is -2.12. The standard InChI is InChI=1S/C12H13NO3/c1-8(14)6-11-7-12(13-16-11)9-2-4-10(15)5-3-9/h2-5,11,15H,6-7H2,1H3. The summed E-state index contributed by atoms with van der Waals surface area (Å²) in [5.74, 6) is 0.329. The molecule has 84 valence electrons. The normalized spacial score (nSPS) is 19.1. The minimum atomic E-state index is -0.138. The molecular weight excluding hydrogens is 206 g/mol. The van der Waals surface area contributed by atoms with Gasteiger partial charge in [-0.15, -0.1) is 0 Å². The third-order valence-corrected chi connectivity index (χ3v) is 2.45. The van der Waals surface area contributed by atoms with Crippen molar-refractivity contribution >= 4 is 11.5 Å². The Hall–Kier alpha value is -1.84. The van der Waals surface area contributed by atoms with Crippen molar-refractivity contribution in [1.82, 2.24) is 0 Å². The Kier molecular flexibility index (Phi) is 2.90. The number of phenolic OH excluding ortho intramolecular Hbond substituents is 1.